The molecular formula is C13H12N4O3. The first-order valence-corrected chi connectivity index (χ1v) is 5.79. The predicted octanol–water partition coefficient (Wildman–Crippen LogP) is 1.50. The average Bonchev–Trinajstić information content (AvgIpc) is 2.46. The summed E-state index contributed by atoms with van der Waals surface area (Å²) in [5, 5.41) is 13.4. The molecule has 2 aromatic rings. The number of anilines is 1. The van der Waals surface area contributed by atoms with Gasteiger partial charge in [-0.2, -0.15) is 0 Å². The SMILES string of the molecule is Nc1c(C(=O)NCc2ccncc2)cccc1[N+](=O)[O-]. The quantitative estimate of drug-likeness (QED) is 0.497. The molecule has 0 aliphatic carbocycles. The van der Waals surface area contributed by atoms with Crippen molar-refractivity contribution in [3.8, 4) is 0 Å². The number of pyridine rings is 1. The van der Waals surface area contributed by atoms with E-state index in [-0.39, 0.29) is 16.9 Å². The highest BCUT2D eigenvalue weighted by atomic mass is 16.6. The Labute approximate surface area is 114 Å². The van der Waals surface area contributed by atoms with Crippen molar-refractivity contribution in [2.24, 2.45) is 0 Å². The number of para-hydroxylation sites is 1. The Morgan fingerprint density at radius 1 is 1.30 bits per heavy atom. The van der Waals surface area contributed by atoms with Gasteiger partial charge in [0, 0.05) is 25.0 Å². The highest BCUT2D eigenvalue weighted by Gasteiger charge is 2.18. The summed E-state index contributed by atoms with van der Waals surface area (Å²) in [4.78, 5) is 26.0. The molecule has 1 aromatic carbocycles. The van der Waals surface area contributed by atoms with Gasteiger partial charge in [-0.15, -0.1) is 0 Å². The van der Waals surface area contributed by atoms with Gasteiger partial charge in [0.1, 0.15) is 5.69 Å². The number of nitrogens with one attached hydrogen (secondary N) is 1. The number of benzene rings is 1. The fourth-order valence-electron chi connectivity index (χ4n) is 1.69. The van der Waals surface area contributed by atoms with Gasteiger partial charge in [-0.1, -0.05) is 6.07 Å². The summed E-state index contributed by atoms with van der Waals surface area (Å²) in [6, 6.07) is 7.66. The van der Waals surface area contributed by atoms with Crippen LogP contribution < -0.4 is 11.1 Å². The van der Waals surface area contributed by atoms with E-state index in [1.54, 1.807) is 24.5 Å². The fraction of sp³-hybridized carbons (Fsp3) is 0.0769. The summed E-state index contributed by atoms with van der Waals surface area (Å²) in [6.07, 6.45) is 3.23. The van der Waals surface area contributed by atoms with Gasteiger partial charge < -0.3 is 11.1 Å². The molecular weight excluding hydrogens is 260 g/mol. The maximum absolute atomic E-state index is 12.0. The molecule has 3 N–H and O–H groups in total. The molecule has 0 bridgehead atoms. The van der Waals surface area contributed by atoms with Gasteiger partial charge in [0.05, 0.1) is 10.5 Å². The Morgan fingerprint density at radius 3 is 2.65 bits per heavy atom. The van der Waals surface area contributed by atoms with Crippen LogP contribution in [0, 0.1) is 10.1 Å². The molecule has 2 rings (SSSR count). The summed E-state index contributed by atoms with van der Waals surface area (Å²) in [6.45, 7) is 0.295. The topological polar surface area (TPSA) is 111 Å². The van der Waals surface area contributed by atoms with Crippen LogP contribution in [0.1, 0.15) is 15.9 Å². The number of amides is 1. The zero-order valence-corrected chi connectivity index (χ0v) is 10.4. The lowest BCUT2D eigenvalue weighted by Gasteiger charge is -2.07. The van der Waals surface area contributed by atoms with Crippen LogP contribution in [0.4, 0.5) is 11.4 Å². The predicted molar refractivity (Wildman–Crippen MR) is 72.9 cm³/mol. The van der Waals surface area contributed by atoms with Crippen molar-refractivity contribution in [2.75, 3.05) is 5.73 Å². The van der Waals surface area contributed by atoms with E-state index in [2.05, 4.69) is 10.3 Å². The van der Waals surface area contributed by atoms with Crippen molar-refractivity contribution in [1.82, 2.24) is 10.3 Å². The summed E-state index contributed by atoms with van der Waals surface area (Å²) in [7, 11) is 0. The first-order valence-electron chi connectivity index (χ1n) is 5.79. The monoisotopic (exact) mass is 272 g/mol. The molecule has 0 saturated heterocycles. The Morgan fingerprint density at radius 2 is 2.00 bits per heavy atom. The standard InChI is InChI=1S/C13H12N4O3/c14-12-10(2-1-3-11(12)17(19)20)13(18)16-8-9-4-6-15-7-5-9/h1-7H,8,14H2,(H,16,18). The Bertz CT molecular complexity index is 643. The van der Waals surface area contributed by atoms with E-state index >= 15 is 0 Å². The molecule has 0 spiro atoms. The normalized spacial score (nSPS) is 10.0. The van der Waals surface area contributed by atoms with E-state index in [0.717, 1.165) is 5.56 Å². The van der Waals surface area contributed by atoms with Gasteiger partial charge >= 0.3 is 0 Å². The van der Waals surface area contributed by atoms with Crippen molar-refractivity contribution in [1.29, 1.82) is 0 Å². The number of carbonyl (C=O) groups excluding carboxylic acids is 1. The lowest BCUT2D eigenvalue weighted by molar-refractivity contribution is -0.383. The third-order valence-electron chi connectivity index (χ3n) is 2.73. The molecule has 0 unspecified atom stereocenters. The van der Waals surface area contributed by atoms with Crippen molar-refractivity contribution in [2.45, 2.75) is 6.54 Å². The summed E-state index contributed by atoms with van der Waals surface area (Å²) >= 11 is 0. The second-order valence-electron chi connectivity index (χ2n) is 4.03. The highest BCUT2D eigenvalue weighted by molar-refractivity contribution is 6.00. The molecule has 0 atom stereocenters. The zero-order chi connectivity index (χ0) is 14.5. The van der Waals surface area contributed by atoms with Crippen LogP contribution in [0.15, 0.2) is 42.7 Å². The van der Waals surface area contributed by atoms with Gasteiger partial charge in [-0.3, -0.25) is 19.9 Å². The minimum atomic E-state index is -0.616. The van der Waals surface area contributed by atoms with Crippen LogP contribution in [0.3, 0.4) is 0 Å². The lowest BCUT2D eigenvalue weighted by Crippen LogP contribution is -2.24. The zero-order valence-electron chi connectivity index (χ0n) is 10.4. The van der Waals surface area contributed by atoms with Gasteiger partial charge in [-0.05, 0) is 23.8 Å². The van der Waals surface area contributed by atoms with Crippen molar-refractivity contribution < 1.29 is 9.72 Å². The first kappa shape index (κ1) is 13.5. The largest absolute Gasteiger partial charge is 0.393 e. The van der Waals surface area contributed by atoms with E-state index in [1.165, 1.54) is 18.2 Å². The van der Waals surface area contributed by atoms with E-state index < -0.39 is 10.8 Å². The van der Waals surface area contributed by atoms with Gasteiger partial charge in [0.2, 0.25) is 0 Å². The summed E-state index contributed by atoms with van der Waals surface area (Å²) in [5.74, 6) is -0.456. The maximum atomic E-state index is 12.0. The molecule has 20 heavy (non-hydrogen) atoms. The Kier molecular flexibility index (Phi) is 3.90. The number of aromatic nitrogens is 1. The lowest BCUT2D eigenvalue weighted by atomic mass is 10.1. The summed E-state index contributed by atoms with van der Waals surface area (Å²) in [5.41, 5.74) is 6.19. The molecule has 0 saturated carbocycles. The van der Waals surface area contributed by atoms with Crippen LogP contribution in [0.25, 0.3) is 0 Å². The highest BCUT2D eigenvalue weighted by Crippen LogP contribution is 2.24. The molecule has 0 aliphatic heterocycles. The van der Waals surface area contributed by atoms with E-state index in [4.69, 9.17) is 5.73 Å². The molecule has 0 fully saturated rings. The number of nitro benzene ring substituents is 1. The van der Waals surface area contributed by atoms with Crippen LogP contribution in [-0.2, 0) is 6.54 Å². The molecule has 1 amide bonds. The van der Waals surface area contributed by atoms with Gasteiger partial charge in [-0.25, -0.2) is 0 Å². The van der Waals surface area contributed by atoms with Crippen LogP contribution in [0.5, 0.6) is 0 Å². The molecule has 1 heterocycles. The second-order valence-corrected chi connectivity index (χ2v) is 4.03. The average molecular weight is 272 g/mol. The number of nitrogens with two attached hydrogens (primary N) is 1. The third-order valence-corrected chi connectivity index (χ3v) is 2.73. The molecule has 1 aromatic heterocycles. The molecule has 102 valence electrons. The Hall–Kier alpha value is -2.96. The number of hydrogen-bond donors (Lipinski definition) is 2. The fourth-order valence-corrected chi connectivity index (χ4v) is 1.69. The molecule has 0 radical (unpaired) electrons. The Balaban J connectivity index is 2.14. The maximum Gasteiger partial charge on any atom is 0.292 e. The number of rotatable bonds is 4. The summed E-state index contributed by atoms with van der Waals surface area (Å²) < 4.78 is 0. The number of nitrogens with zero attached hydrogens (tertiary/aromatic N) is 2. The van der Waals surface area contributed by atoms with E-state index in [9.17, 15) is 14.9 Å². The van der Waals surface area contributed by atoms with Gasteiger partial charge in [0.15, 0.2) is 0 Å². The molecule has 0 aliphatic rings. The van der Waals surface area contributed by atoms with Crippen molar-refractivity contribution in [3.05, 3.63) is 64.0 Å². The smallest absolute Gasteiger partial charge is 0.292 e. The first-order chi connectivity index (χ1) is 9.59. The van der Waals surface area contributed by atoms with Crippen LogP contribution in [0.2, 0.25) is 0 Å². The second kappa shape index (κ2) is 5.79. The third kappa shape index (κ3) is 2.89. The van der Waals surface area contributed by atoms with E-state index in [1.807, 2.05) is 0 Å². The minimum Gasteiger partial charge on any atom is -0.393 e. The minimum absolute atomic E-state index is 0.0910. The molecule has 7 heteroatoms. The van der Waals surface area contributed by atoms with Crippen molar-refractivity contribution >= 4 is 17.3 Å². The van der Waals surface area contributed by atoms with Crippen molar-refractivity contribution in [3.63, 3.8) is 0 Å². The van der Waals surface area contributed by atoms with Gasteiger partial charge in [0.25, 0.3) is 11.6 Å². The number of hydrogen-bond acceptors (Lipinski definition) is 5. The number of nitro groups is 1. The van der Waals surface area contributed by atoms with Crippen LogP contribution in [-0.4, -0.2) is 15.8 Å². The number of carbonyl (C=O) groups is 1. The van der Waals surface area contributed by atoms with Crippen LogP contribution >= 0.6 is 0 Å². The van der Waals surface area contributed by atoms with E-state index in [0.29, 0.717) is 6.54 Å². The number of nitrogen functional groups attached to an aromatic ring is 1. The molecule has 7 nitrogen and oxygen atoms in total.